The van der Waals surface area contributed by atoms with Crippen molar-refractivity contribution in [3.05, 3.63) is 77.5 Å². The molecule has 0 unspecified atom stereocenters. The van der Waals surface area contributed by atoms with Crippen LogP contribution in [0.3, 0.4) is 0 Å². The minimum atomic E-state index is -0.780. The van der Waals surface area contributed by atoms with Crippen LogP contribution < -0.4 is 0 Å². The molecule has 21 heavy (non-hydrogen) atoms. The topological polar surface area (TPSA) is 35.5 Å². The van der Waals surface area contributed by atoms with Crippen LogP contribution in [0.1, 0.15) is 25.0 Å². The van der Waals surface area contributed by atoms with Gasteiger partial charge in [0.2, 0.25) is 0 Å². The minimum Gasteiger partial charge on any atom is -0.420 e. The lowest BCUT2D eigenvalue weighted by Gasteiger charge is -2.19. The Morgan fingerprint density at radius 3 is 1.71 bits per heavy atom. The molecule has 0 radical (unpaired) electrons. The Balaban J connectivity index is 2.25. The second kappa shape index (κ2) is 5.09. The summed E-state index contributed by atoms with van der Waals surface area (Å²) in [6, 6.07) is 19.8. The quantitative estimate of drug-likeness (QED) is 0.765. The van der Waals surface area contributed by atoms with Gasteiger partial charge in [-0.2, -0.15) is 0 Å². The highest BCUT2D eigenvalue weighted by Crippen LogP contribution is 2.38. The van der Waals surface area contributed by atoms with Gasteiger partial charge < -0.3 is 9.47 Å². The van der Waals surface area contributed by atoms with E-state index in [-0.39, 0.29) is 0 Å². The molecule has 1 heterocycles. The van der Waals surface area contributed by atoms with Gasteiger partial charge in [-0.1, -0.05) is 60.7 Å². The van der Waals surface area contributed by atoms with Crippen molar-refractivity contribution in [1.82, 2.24) is 0 Å². The summed E-state index contributed by atoms with van der Waals surface area (Å²) in [5.41, 5.74) is 2.08. The molecule has 2 aromatic carbocycles. The van der Waals surface area contributed by atoms with Gasteiger partial charge in [-0.05, 0) is 25.0 Å². The maximum atomic E-state index is 11.6. The van der Waals surface area contributed by atoms with Crippen molar-refractivity contribution in [1.29, 1.82) is 0 Å². The standard InChI is InChI=1S/C18H16O3/c1-18(2)16(20-17(19)21-18)15(13-9-5-3-6-10-13)14-11-7-4-8-12-14/h3-12H,1-2H3. The molecule has 3 nitrogen and oxygen atoms in total. The third-order valence-electron chi connectivity index (χ3n) is 3.42. The number of carbonyl (C=O) groups is 1. The fourth-order valence-electron chi connectivity index (χ4n) is 2.47. The van der Waals surface area contributed by atoms with E-state index in [2.05, 4.69) is 0 Å². The molecule has 0 saturated carbocycles. The second-order valence-corrected chi connectivity index (χ2v) is 5.40. The molecule has 0 N–H and O–H groups in total. The average Bonchev–Trinajstić information content (AvgIpc) is 2.74. The second-order valence-electron chi connectivity index (χ2n) is 5.40. The Hall–Kier alpha value is -2.55. The van der Waals surface area contributed by atoms with Gasteiger partial charge >= 0.3 is 6.16 Å². The molecule has 3 heteroatoms. The highest BCUT2D eigenvalue weighted by molar-refractivity contribution is 5.85. The molecule has 0 aliphatic carbocycles. The lowest BCUT2D eigenvalue weighted by molar-refractivity contribution is 0.0873. The van der Waals surface area contributed by atoms with Crippen molar-refractivity contribution in [3.63, 3.8) is 0 Å². The Bertz CT molecular complexity index is 643. The van der Waals surface area contributed by atoms with E-state index in [0.717, 1.165) is 16.7 Å². The average molecular weight is 280 g/mol. The highest BCUT2D eigenvalue weighted by atomic mass is 16.8. The lowest BCUT2D eigenvalue weighted by Crippen LogP contribution is -2.21. The van der Waals surface area contributed by atoms with E-state index in [1.165, 1.54) is 0 Å². The first kappa shape index (κ1) is 13.4. The Labute approximate surface area is 123 Å². The van der Waals surface area contributed by atoms with Gasteiger partial charge in [0.1, 0.15) is 0 Å². The maximum absolute atomic E-state index is 11.6. The van der Waals surface area contributed by atoms with Gasteiger partial charge in [-0.25, -0.2) is 4.79 Å². The van der Waals surface area contributed by atoms with E-state index in [4.69, 9.17) is 9.47 Å². The molecule has 0 spiro atoms. The van der Waals surface area contributed by atoms with Crippen LogP contribution in [0.25, 0.3) is 5.57 Å². The van der Waals surface area contributed by atoms with Gasteiger partial charge in [0.15, 0.2) is 11.4 Å². The molecule has 106 valence electrons. The monoisotopic (exact) mass is 280 g/mol. The van der Waals surface area contributed by atoms with Crippen molar-refractivity contribution >= 4 is 11.7 Å². The molecule has 0 amide bonds. The van der Waals surface area contributed by atoms with Crippen molar-refractivity contribution < 1.29 is 14.3 Å². The predicted octanol–water partition coefficient (Wildman–Crippen LogP) is 4.39. The highest BCUT2D eigenvalue weighted by Gasteiger charge is 2.41. The molecule has 1 aliphatic rings. The summed E-state index contributed by atoms with van der Waals surface area (Å²) in [6.45, 7) is 3.66. The zero-order chi connectivity index (χ0) is 14.9. The summed E-state index contributed by atoms with van der Waals surface area (Å²) in [5, 5.41) is 0. The van der Waals surface area contributed by atoms with Crippen LogP contribution >= 0.6 is 0 Å². The third kappa shape index (κ3) is 2.55. The zero-order valence-electron chi connectivity index (χ0n) is 12.0. The summed E-state index contributed by atoms with van der Waals surface area (Å²) < 4.78 is 10.6. The predicted molar refractivity (Wildman–Crippen MR) is 80.6 cm³/mol. The van der Waals surface area contributed by atoms with E-state index in [1.807, 2.05) is 74.5 Å². The number of hydrogen-bond donors (Lipinski definition) is 0. The zero-order valence-corrected chi connectivity index (χ0v) is 12.0. The summed E-state index contributed by atoms with van der Waals surface area (Å²) in [6.07, 6.45) is -0.653. The van der Waals surface area contributed by atoms with E-state index >= 15 is 0 Å². The van der Waals surface area contributed by atoms with Crippen molar-refractivity contribution in [3.8, 4) is 0 Å². The molecular formula is C18H16O3. The van der Waals surface area contributed by atoms with Gasteiger partial charge in [0.25, 0.3) is 0 Å². The molecular weight excluding hydrogens is 264 g/mol. The van der Waals surface area contributed by atoms with E-state index in [0.29, 0.717) is 5.76 Å². The number of carbonyl (C=O) groups excluding carboxylic acids is 1. The van der Waals surface area contributed by atoms with Gasteiger partial charge in [0, 0.05) is 5.57 Å². The third-order valence-corrected chi connectivity index (χ3v) is 3.42. The van der Waals surface area contributed by atoms with Crippen LogP contribution in [-0.4, -0.2) is 11.8 Å². The number of cyclic esters (lactones) is 2. The summed E-state index contributed by atoms with van der Waals surface area (Å²) >= 11 is 0. The molecule has 0 bridgehead atoms. The van der Waals surface area contributed by atoms with Crippen LogP contribution in [0.15, 0.2) is 66.4 Å². The number of hydrogen-bond acceptors (Lipinski definition) is 3. The van der Waals surface area contributed by atoms with Gasteiger partial charge in [-0.15, -0.1) is 0 Å². The summed E-state index contributed by atoms with van der Waals surface area (Å²) in [4.78, 5) is 11.6. The molecule has 3 rings (SSSR count). The molecule has 1 aliphatic heterocycles. The Morgan fingerprint density at radius 1 is 0.857 bits per heavy atom. The van der Waals surface area contributed by atoms with E-state index in [1.54, 1.807) is 0 Å². The number of rotatable bonds is 2. The van der Waals surface area contributed by atoms with E-state index in [9.17, 15) is 4.79 Å². The number of ether oxygens (including phenoxy) is 2. The van der Waals surface area contributed by atoms with Crippen LogP contribution in [-0.2, 0) is 9.47 Å². The Kier molecular flexibility index (Phi) is 3.26. The van der Waals surface area contributed by atoms with Gasteiger partial charge in [-0.3, -0.25) is 0 Å². The fraction of sp³-hybridized carbons (Fsp3) is 0.167. The molecule has 1 saturated heterocycles. The first-order valence-corrected chi connectivity index (χ1v) is 6.84. The van der Waals surface area contributed by atoms with Gasteiger partial charge in [0.05, 0.1) is 0 Å². The van der Waals surface area contributed by atoms with Crippen LogP contribution in [0.2, 0.25) is 0 Å². The minimum absolute atomic E-state index is 0.546. The van der Waals surface area contributed by atoms with Crippen LogP contribution in [0, 0.1) is 0 Å². The van der Waals surface area contributed by atoms with Crippen LogP contribution in [0.5, 0.6) is 0 Å². The molecule has 0 aromatic heterocycles. The van der Waals surface area contributed by atoms with Crippen molar-refractivity contribution in [2.45, 2.75) is 19.4 Å². The fourth-order valence-corrected chi connectivity index (χ4v) is 2.47. The first-order chi connectivity index (χ1) is 10.1. The Morgan fingerprint density at radius 2 is 1.33 bits per heavy atom. The van der Waals surface area contributed by atoms with Crippen molar-refractivity contribution in [2.75, 3.05) is 0 Å². The first-order valence-electron chi connectivity index (χ1n) is 6.84. The summed E-state index contributed by atoms with van der Waals surface area (Å²) in [7, 11) is 0. The van der Waals surface area contributed by atoms with Crippen molar-refractivity contribution in [2.24, 2.45) is 0 Å². The summed E-state index contributed by atoms with van der Waals surface area (Å²) in [5.74, 6) is 0.546. The van der Waals surface area contributed by atoms with E-state index < -0.39 is 11.8 Å². The van der Waals surface area contributed by atoms with Crippen LogP contribution in [0.4, 0.5) is 4.79 Å². The molecule has 0 atom stereocenters. The smallest absolute Gasteiger partial charge is 0.420 e. The largest absolute Gasteiger partial charge is 0.514 e. The molecule has 2 aromatic rings. The lowest BCUT2D eigenvalue weighted by atomic mass is 9.91. The maximum Gasteiger partial charge on any atom is 0.514 e. The normalized spacial score (nSPS) is 16.3. The molecule has 1 fully saturated rings. The number of benzene rings is 2. The SMILES string of the molecule is CC1(C)OC(=O)OC1=C(c1ccccc1)c1ccccc1.